The van der Waals surface area contributed by atoms with Crippen molar-refractivity contribution in [3.05, 3.63) is 81.9 Å². The maximum absolute atomic E-state index is 13.2. The van der Waals surface area contributed by atoms with E-state index < -0.39 is 0 Å². The van der Waals surface area contributed by atoms with Crippen molar-refractivity contribution in [3.63, 3.8) is 0 Å². The maximum Gasteiger partial charge on any atom is 0.257 e. The number of ether oxygens (including phenoxy) is 1. The van der Waals surface area contributed by atoms with Gasteiger partial charge in [-0.05, 0) is 50.5 Å². The minimum atomic E-state index is -0.262. The lowest BCUT2D eigenvalue weighted by Crippen LogP contribution is -2.43. The van der Waals surface area contributed by atoms with Crippen molar-refractivity contribution >= 4 is 11.9 Å². The summed E-state index contributed by atoms with van der Waals surface area (Å²) < 4.78 is 6.04. The predicted molar refractivity (Wildman–Crippen MR) is 129 cm³/mol. The van der Waals surface area contributed by atoms with Gasteiger partial charge in [-0.15, -0.1) is 0 Å². The Balaban J connectivity index is 1.52. The van der Waals surface area contributed by atoms with Gasteiger partial charge in [0.05, 0.1) is 30.1 Å². The Morgan fingerprint density at radius 2 is 1.85 bits per heavy atom. The van der Waals surface area contributed by atoms with E-state index in [0.717, 1.165) is 17.8 Å². The molecule has 172 valence electrons. The molecular weight excluding hydrogens is 414 g/mol. The monoisotopic (exact) mass is 445 g/mol. The van der Waals surface area contributed by atoms with Gasteiger partial charge in [0.25, 0.3) is 5.91 Å². The molecule has 3 aromatic rings. The molecule has 4 rings (SSSR count). The second kappa shape index (κ2) is 9.67. The van der Waals surface area contributed by atoms with Crippen LogP contribution >= 0.6 is 0 Å². The van der Waals surface area contributed by atoms with Crippen LogP contribution in [0.5, 0.6) is 0 Å². The van der Waals surface area contributed by atoms with E-state index in [-0.39, 0.29) is 12.0 Å². The Hall–Kier alpha value is -3.32. The summed E-state index contributed by atoms with van der Waals surface area (Å²) in [5.74, 6) is 0.521. The van der Waals surface area contributed by atoms with Gasteiger partial charge in [-0.2, -0.15) is 0 Å². The third-order valence-corrected chi connectivity index (χ3v) is 5.84. The number of pyridine rings is 1. The predicted octanol–water partition coefficient (Wildman–Crippen LogP) is 3.67. The number of carbonyl (C=O) groups is 1. The molecule has 2 aromatic heterocycles. The quantitative estimate of drug-likeness (QED) is 0.597. The van der Waals surface area contributed by atoms with E-state index in [4.69, 9.17) is 9.72 Å². The van der Waals surface area contributed by atoms with Crippen LogP contribution in [-0.4, -0.2) is 59.6 Å². The highest BCUT2D eigenvalue weighted by Gasteiger charge is 2.28. The third kappa shape index (κ3) is 5.37. The Labute approximate surface area is 195 Å². The van der Waals surface area contributed by atoms with Gasteiger partial charge >= 0.3 is 0 Å². The fourth-order valence-corrected chi connectivity index (χ4v) is 4.04. The average Bonchev–Trinajstić information content (AvgIpc) is 2.80. The van der Waals surface area contributed by atoms with E-state index >= 15 is 0 Å². The molecule has 0 bridgehead atoms. The highest BCUT2D eigenvalue weighted by Crippen LogP contribution is 2.25. The largest absolute Gasteiger partial charge is 0.368 e. The first kappa shape index (κ1) is 22.9. The number of hydrogen-bond donors (Lipinski definition) is 0. The van der Waals surface area contributed by atoms with E-state index in [9.17, 15) is 4.79 Å². The molecule has 1 fully saturated rings. The first-order chi connectivity index (χ1) is 15.8. The van der Waals surface area contributed by atoms with Crippen molar-refractivity contribution < 1.29 is 9.53 Å². The smallest absolute Gasteiger partial charge is 0.257 e. The number of rotatable bonds is 5. The number of amides is 1. The second-order valence-electron chi connectivity index (χ2n) is 8.88. The fraction of sp³-hybridized carbons (Fsp3) is 0.385. The first-order valence-corrected chi connectivity index (χ1v) is 11.2. The maximum atomic E-state index is 13.2. The topological polar surface area (TPSA) is 71.5 Å². The summed E-state index contributed by atoms with van der Waals surface area (Å²) >= 11 is 0. The van der Waals surface area contributed by atoms with Crippen molar-refractivity contribution in [2.45, 2.75) is 33.3 Å². The van der Waals surface area contributed by atoms with E-state index in [0.29, 0.717) is 36.9 Å². The molecule has 0 radical (unpaired) electrons. The molecule has 1 aliphatic heterocycles. The highest BCUT2D eigenvalue weighted by atomic mass is 16.5. The van der Waals surface area contributed by atoms with Gasteiger partial charge in [0.15, 0.2) is 0 Å². The van der Waals surface area contributed by atoms with Crippen LogP contribution in [0.2, 0.25) is 0 Å². The van der Waals surface area contributed by atoms with Crippen LogP contribution in [0.3, 0.4) is 0 Å². The number of morpholine rings is 1. The molecule has 0 unspecified atom stereocenters. The fourth-order valence-electron chi connectivity index (χ4n) is 4.04. The number of aromatic nitrogens is 3. The molecule has 1 atom stereocenters. The second-order valence-corrected chi connectivity index (χ2v) is 8.88. The van der Waals surface area contributed by atoms with E-state index in [1.165, 1.54) is 16.7 Å². The Morgan fingerprint density at radius 3 is 2.55 bits per heavy atom. The molecular formula is C26H31N5O2. The number of hydrogen-bond acceptors (Lipinski definition) is 6. The number of benzene rings is 1. The molecule has 1 aliphatic rings. The number of nitrogens with zero attached hydrogens (tertiary/aromatic N) is 5. The number of aryl methyl sites for hydroxylation is 3. The van der Waals surface area contributed by atoms with Crippen molar-refractivity contribution in [2.24, 2.45) is 0 Å². The lowest BCUT2D eigenvalue weighted by molar-refractivity contribution is -0.0248. The van der Waals surface area contributed by atoms with Crippen LogP contribution in [0.1, 0.15) is 50.2 Å². The molecule has 7 nitrogen and oxygen atoms in total. The third-order valence-electron chi connectivity index (χ3n) is 5.84. The zero-order chi connectivity index (χ0) is 23.5. The molecule has 0 saturated carbocycles. The van der Waals surface area contributed by atoms with Crippen LogP contribution < -0.4 is 4.90 Å². The molecule has 3 heterocycles. The molecule has 0 spiro atoms. The molecule has 1 saturated heterocycles. The van der Waals surface area contributed by atoms with Crippen LogP contribution in [0, 0.1) is 20.8 Å². The molecule has 0 N–H and O–H groups in total. The molecule has 1 amide bonds. The zero-order valence-electron chi connectivity index (χ0n) is 20.0. The van der Waals surface area contributed by atoms with E-state index in [2.05, 4.69) is 53.3 Å². The Kier molecular flexibility index (Phi) is 6.70. The van der Waals surface area contributed by atoms with Gasteiger partial charge in [-0.25, -0.2) is 9.97 Å². The zero-order valence-corrected chi connectivity index (χ0v) is 20.0. The summed E-state index contributed by atoms with van der Waals surface area (Å²) in [6.45, 7) is 7.39. The van der Waals surface area contributed by atoms with Crippen molar-refractivity contribution in [3.8, 4) is 0 Å². The standard InChI is InChI=1S/C26H31N5O2/c1-17-6-8-20(9-7-17)13-21-12-18(2)28-23(14-21)24-16-31(10-11-33-24)25(32)22-15-27-26(30(4)5)29-19(22)3/h6-9,12,14-15,24H,10-11,13,16H2,1-5H3/t24-/m1/s1. The first-order valence-electron chi connectivity index (χ1n) is 11.2. The van der Waals surface area contributed by atoms with Crippen molar-refractivity contribution in [1.29, 1.82) is 0 Å². The van der Waals surface area contributed by atoms with E-state index in [1.807, 2.05) is 37.7 Å². The highest BCUT2D eigenvalue weighted by molar-refractivity contribution is 5.95. The lowest BCUT2D eigenvalue weighted by atomic mass is 10.0. The van der Waals surface area contributed by atoms with Gasteiger partial charge in [-0.1, -0.05) is 29.8 Å². The van der Waals surface area contributed by atoms with Crippen molar-refractivity contribution in [2.75, 3.05) is 38.7 Å². The summed E-state index contributed by atoms with van der Waals surface area (Å²) in [6, 6.07) is 12.8. The summed E-state index contributed by atoms with van der Waals surface area (Å²) in [5, 5.41) is 0. The van der Waals surface area contributed by atoms with Gasteiger partial charge < -0.3 is 14.5 Å². The minimum Gasteiger partial charge on any atom is -0.368 e. The van der Waals surface area contributed by atoms with Gasteiger partial charge in [0.1, 0.15) is 6.10 Å². The number of anilines is 1. The molecule has 33 heavy (non-hydrogen) atoms. The van der Waals surface area contributed by atoms with Crippen LogP contribution in [0.25, 0.3) is 0 Å². The minimum absolute atomic E-state index is 0.0707. The van der Waals surface area contributed by atoms with Gasteiger partial charge in [0, 0.05) is 32.5 Å². The molecule has 0 aliphatic carbocycles. The van der Waals surface area contributed by atoms with Gasteiger partial charge in [0.2, 0.25) is 5.95 Å². The summed E-state index contributed by atoms with van der Waals surface area (Å²) in [6.07, 6.45) is 2.19. The molecule has 7 heteroatoms. The van der Waals surface area contributed by atoms with Crippen LogP contribution in [0.4, 0.5) is 5.95 Å². The van der Waals surface area contributed by atoms with E-state index in [1.54, 1.807) is 6.20 Å². The summed E-state index contributed by atoms with van der Waals surface area (Å²) in [7, 11) is 3.76. The SMILES string of the molecule is Cc1ccc(Cc2cc(C)nc([C@H]3CN(C(=O)c4cnc(N(C)C)nc4C)CCO3)c2)cc1. The normalized spacial score (nSPS) is 16.0. The summed E-state index contributed by atoms with van der Waals surface area (Å²) in [4.78, 5) is 30.4. The van der Waals surface area contributed by atoms with Crippen molar-refractivity contribution in [1.82, 2.24) is 19.9 Å². The van der Waals surface area contributed by atoms with Crippen LogP contribution in [-0.2, 0) is 11.2 Å². The number of carbonyl (C=O) groups excluding carboxylic acids is 1. The van der Waals surface area contributed by atoms with Gasteiger partial charge in [-0.3, -0.25) is 9.78 Å². The summed E-state index contributed by atoms with van der Waals surface area (Å²) in [5.41, 5.74) is 6.72. The lowest BCUT2D eigenvalue weighted by Gasteiger charge is -2.33. The Morgan fingerprint density at radius 1 is 1.09 bits per heavy atom. The van der Waals surface area contributed by atoms with Crippen LogP contribution in [0.15, 0.2) is 42.6 Å². The average molecular weight is 446 g/mol. The Bertz CT molecular complexity index is 1140. The molecule has 1 aromatic carbocycles.